The Labute approximate surface area is 217 Å². The van der Waals surface area contributed by atoms with Crippen LogP contribution in [0.1, 0.15) is 40.9 Å². The highest BCUT2D eigenvalue weighted by Gasteiger charge is 2.30. The van der Waals surface area contributed by atoms with Gasteiger partial charge in [0.2, 0.25) is 0 Å². The lowest BCUT2D eigenvalue weighted by atomic mass is 10.1. The molecule has 0 saturated heterocycles. The van der Waals surface area contributed by atoms with Gasteiger partial charge in [0.05, 0.1) is 18.8 Å². The fourth-order valence-electron chi connectivity index (χ4n) is 4.11. The Kier molecular flexibility index (Phi) is 8.72. The van der Waals surface area contributed by atoms with Crippen LogP contribution in [-0.4, -0.2) is 37.9 Å². The number of ether oxygens (including phenoxy) is 3. The van der Waals surface area contributed by atoms with Crippen LogP contribution in [0.4, 0.5) is 5.69 Å². The van der Waals surface area contributed by atoms with E-state index < -0.39 is 6.29 Å². The van der Waals surface area contributed by atoms with Crippen molar-refractivity contribution in [2.75, 3.05) is 24.7 Å². The van der Waals surface area contributed by atoms with Crippen LogP contribution < -0.4 is 15.0 Å². The molecule has 0 spiro atoms. The molecule has 1 aliphatic rings. The third kappa shape index (κ3) is 6.64. The number of rotatable bonds is 10. The highest BCUT2D eigenvalue weighted by Crippen LogP contribution is 2.36. The highest BCUT2D eigenvalue weighted by molar-refractivity contribution is 6.09. The monoisotopic (exact) mass is 500 g/mol. The van der Waals surface area contributed by atoms with E-state index in [1.54, 1.807) is 35.2 Å². The van der Waals surface area contributed by atoms with Crippen molar-refractivity contribution in [1.29, 1.82) is 0 Å². The van der Waals surface area contributed by atoms with E-state index in [9.17, 15) is 9.59 Å². The van der Waals surface area contributed by atoms with Crippen molar-refractivity contribution in [3.8, 4) is 5.75 Å². The average Bonchev–Trinajstić information content (AvgIpc) is 2.90. The Bertz CT molecular complexity index is 1260. The van der Waals surface area contributed by atoms with Crippen molar-refractivity contribution in [2.45, 2.75) is 33.6 Å². The first-order valence-corrected chi connectivity index (χ1v) is 12.5. The van der Waals surface area contributed by atoms with E-state index >= 15 is 0 Å². The van der Waals surface area contributed by atoms with Crippen LogP contribution >= 0.6 is 0 Å². The SMILES string of the molecule is CCOC(CNC(=O)c1ccc(C=C2Oc3ccccc3N(Cc3cccc(C)c3)C2=O)cc1)OCC. The summed E-state index contributed by atoms with van der Waals surface area (Å²) in [5.41, 5.74) is 4.15. The van der Waals surface area contributed by atoms with Gasteiger partial charge in [0, 0.05) is 18.8 Å². The predicted molar refractivity (Wildman–Crippen MR) is 143 cm³/mol. The minimum absolute atomic E-state index is 0.222. The number of anilines is 1. The zero-order valence-electron chi connectivity index (χ0n) is 21.4. The molecule has 0 unspecified atom stereocenters. The van der Waals surface area contributed by atoms with Gasteiger partial charge in [-0.15, -0.1) is 0 Å². The maximum absolute atomic E-state index is 13.5. The van der Waals surface area contributed by atoms with Gasteiger partial charge < -0.3 is 19.5 Å². The normalized spacial score (nSPS) is 14.0. The van der Waals surface area contributed by atoms with E-state index in [0.717, 1.165) is 22.4 Å². The lowest BCUT2D eigenvalue weighted by Gasteiger charge is -2.30. The van der Waals surface area contributed by atoms with E-state index in [2.05, 4.69) is 11.4 Å². The van der Waals surface area contributed by atoms with Crippen molar-refractivity contribution in [3.63, 3.8) is 0 Å². The molecule has 0 aliphatic carbocycles. The fraction of sp³-hybridized carbons (Fsp3) is 0.267. The van der Waals surface area contributed by atoms with Gasteiger partial charge >= 0.3 is 0 Å². The van der Waals surface area contributed by atoms with Crippen LogP contribution in [0.3, 0.4) is 0 Å². The molecular weight excluding hydrogens is 468 g/mol. The summed E-state index contributed by atoms with van der Waals surface area (Å²) in [6.45, 7) is 7.47. The standard InChI is InChI=1S/C30H32N2O5/c1-4-35-28(36-5-2)19-31-29(33)24-15-13-22(14-16-24)18-27-30(34)32(20-23-10-8-9-21(3)17-23)25-11-6-7-12-26(25)37-27/h6-18,28H,4-5,19-20H2,1-3H3,(H,31,33). The zero-order chi connectivity index (χ0) is 26.2. The molecule has 3 aromatic rings. The second kappa shape index (κ2) is 12.3. The van der Waals surface area contributed by atoms with Crippen LogP contribution in [0.5, 0.6) is 5.75 Å². The fourth-order valence-corrected chi connectivity index (χ4v) is 4.11. The highest BCUT2D eigenvalue weighted by atomic mass is 16.7. The first-order valence-electron chi connectivity index (χ1n) is 12.5. The molecule has 7 heteroatoms. The number of nitrogens with zero attached hydrogens (tertiary/aromatic N) is 1. The molecule has 0 bridgehead atoms. The summed E-state index contributed by atoms with van der Waals surface area (Å²) in [7, 11) is 0. The lowest BCUT2D eigenvalue weighted by molar-refractivity contribution is -0.131. The Morgan fingerprint density at radius 1 is 1.00 bits per heavy atom. The number of nitrogens with one attached hydrogen (secondary N) is 1. The molecule has 7 nitrogen and oxygen atoms in total. The molecule has 0 aromatic heterocycles. The Balaban J connectivity index is 1.50. The van der Waals surface area contributed by atoms with Crippen LogP contribution in [0.15, 0.2) is 78.6 Å². The van der Waals surface area contributed by atoms with Gasteiger partial charge in [0.15, 0.2) is 17.8 Å². The summed E-state index contributed by atoms with van der Waals surface area (Å²) in [6, 6.07) is 22.6. The third-order valence-corrected chi connectivity index (χ3v) is 5.86. The summed E-state index contributed by atoms with van der Waals surface area (Å²) in [5, 5.41) is 2.83. The van der Waals surface area contributed by atoms with Gasteiger partial charge in [-0.3, -0.25) is 14.5 Å². The van der Waals surface area contributed by atoms with Crippen molar-refractivity contribution in [2.24, 2.45) is 0 Å². The zero-order valence-corrected chi connectivity index (χ0v) is 21.4. The van der Waals surface area contributed by atoms with E-state index in [4.69, 9.17) is 14.2 Å². The minimum atomic E-state index is -0.483. The molecule has 0 radical (unpaired) electrons. The molecule has 0 atom stereocenters. The molecule has 1 aliphatic heterocycles. The lowest BCUT2D eigenvalue weighted by Crippen LogP contribution is -2.36. The topological polar surface area (TPSA) is 77.1 Å². The maximum atomic E-state index is 13.5. The molecule has 37 heavy (non-hydrogen) atoms. The number of hydrogen-bond donors (Lipinski definition) is 1. The summed E-state index contributed by atoms with van der Waals surface area (Å²) in [5.74, 6) is 0.391. The van der Waals surface area contributed by atoms with E-state index in [0.29, 0.717) is 31.1 Å². The van der Waals surface area contributed by atoms with Gasteiger partial charge in [0.25, 0.3) is 11.8 Å². The summed E-state index contributed by atoms with van der Waals surface area (Å²) in [6.07, 6.45) is 1.21. The molecule has 192 valence electrons. The molecule has 1 N–H and O–H groups in total. The van der Waals surface area contributed by atoms with Crippen LogP contribution in [0.2, 0.25) is 0 Å². The van der Waals surface area contributed by atoms with Gasteiger partial charge in [-0.1, -0.05) is 54.1 Å². The number of fused-ring (bicyclic) bond motifs is 1. The van der Waals surface area contributed by atoms with E-state index in [-0.39, 0.29) is 24.1 Å². The average molecular weight is 501 g/mol. The number of amides is 2. The smallest absolute Gasteiger partial charge is 0.294 e. The van der Waals surface area contributed by atoms with Gasteiger partial charge in [-0.25, -0.2) is 0 Å². The molecule has 4 rings (SSSR count). The van der Waals surface area contributed by atoms with Gasteiger partial charge in [0.1, 0.15) is 0 Å². The Hall–Kier alpha value is -3.94. The molecule has 1 heterocycles. The number of benzene rings is 3. The molecule has 0 saturated carbocycles. The van der Waals surface area contributed by atoms with Crippen molar-refractivity contribution in [1.82, 2.24) is 5.32 Å². The van der Waals surface area contributed by atoms with Crippen molar-refractivity contribution >= 4 is 23.6 Å². The number of aryl methyl sites for hydroxylation is 1. The first kappa shape index (κ1) is 26.1. The number of hydrogen-bond acceptors (Lipinski definition) is 5. The van der Waals surface area contributed by atoms with Gasteiger partial charge in [-0.05, 0) is 62.2 Å². The second-order valence-electron chi connectivity index (χ2n) is 8.63. The third-order valence-electron chi connectivity index (χ3n) is 5.86. The van der Waals surface area contributed by atoms with Crippen LogP contribution in [-0.2, 0) is 20.8 Å². The first-order chi connectivity index (χ1) is 18.0. The molecule has 2 amide bonds. The Morgan fingerprint density at radius 3 is 2.43 bits per heavy atom. The van der Waals surface area contributed by atoms with E-state index in [1.807, 2.05) is 63.2 Å². The number of carbonyl (C=O) groups is 2. The van der Waals surface area contributed by atoms with Crippen LogP contribution in [0, 0.1) is 6.92 Å². The molecule has 0 fully saturated rings. The molecular formula is C30H32N2O5. The van der Waals surface area contributed by atoms with Crippen molar-refractivity contribution in [3.05, 3.63) is 101 Å². The predicted octanol–water partition coefficient (Wildman–Crippen LogP) is 5.09. The summed E-state index contributed by atoms with van der Waals surface area (Å²) >= 11 is 0. The van der Waals surface area contributed by atoms with Gasteiger partial charge in [-0.2, -0.15) is 0 Å². The number of carbonyl (C=O) groups excluding carboxylic acids is 2. The summed E-state index contributed by atoms with van der Waals surface area (Å²) in [4.78, 5) is 27.8. The second-order valence-corrected chi connectivity index (χ2v) is 8.63. The number of para-hydroxylation sites is 2. The van der Waals surface area contributed by atoms with E-state index in [1.165, 1.54) is 0 Å². The minimum Gasteiger partial charge on any atom is -0.449 e. The largest absolute Gasteiger partial charge is 0.449 e. The quantitative estimate of drug-likeness (QED) is 0.310. The molecule has 3 aromatic carbocycles. The maximum Gasteiger partial charge on any atom is 0.294 e. The summed E-state index contributed by atoms with van der Waals surface area (Å²) < 4.78 is 16.9. The van der Waals surface area contributed by atoms with Crippen LogP contribution in [0.25, 0.3) is 6.08 Å². The van der Waals surface area contributed by atoms with Crippen molar-refractivity contribution < 1.29 is 23.8 Å². The Morgan fingerprint density at radius 2 is 1.73 bits per heavy atom.